The van der Waals surface area contributed by atoms with Gasteiger partial charge < -0.3 is 10.2 Å². The number of hydrogen-bond donors (Lipinski definition) is 1. The molecule has 1 atom stereocenters. The van der Waals surface area contributed by atoms with Crippen LogP contribution in [0.2, 0.25) is 0 Å². The lowest BCUT2D eigenvalue weighted by molar-refractivity contribution is 0.169. The maximum absolute atomic E-state index is 12.8. The van der Waals surface area contributed by atoms with Crippen molar-refractivity contribution in [3.8, 4) is 0 Å². The standard InChI is InChI=1S/C22H29N3O3S/c1-18-8-12-21(13-9-18)29(27,28)25-16-14-24(15-17-25)22(26)23-19(2)10-11-20-6-4-3-5-7-20/h3-9,12-13,19H,10-11,14-17H2,1-2H3,(H,23,26)/t19-/m0/s1. The summed E-state index contributed by atoms with van der Waals surface area (Å²) in [5.74, 6) is 0. The van der Waals surface area contributed by atoms with Gasteiger partial charge in [0.05, 0.1) is 4.90 Å². The first kappa shape index (κ1) is 21.3. The highest BCUT2D eigenvalue weighted by Gasteiger charge is 2.30. The number of carbonyl (C=O) groups excluding carboxylic acids is 1. The van der Waals surface area contributed by atoms with Crippen molar-refractivity contribution in [1.29, 1.82) is 0 Å². The highest BCUT2D eigenvalue weighted by molar-refractivity contribution is 7.89. The van der Waals surface area contributed by atoms with Crippen LogP contribution in [0.15, 0.2) is 59.5 Å². The first-order chi connectivity index (χ1) is 13.9. The molecule has 7 heteroatoms. The molecule has 0 unspecified atom stereocenters. The predicted molar refractivity (Wildman–Crippen MR) is 114 cm³/mol. The van der Waals surface area contributed by atoms with Crippen LogP contribution in [-0.2, 0) is 16.4 Å². The number of nitrogens with zero attached hydrogens (tertiary/aromatic N) is 2. The summed E-state index contributed by atoms with van der Waals surface area (Å²) in [4.78, 5) is 14.5. The smallest absolute Gasteiger partial charge is 0.317 e. The largest absolute Gasteiger partial charge is 0.336 e. The van der Waals surface area contributed by atoms with E-state index in [2.05, 4.69) is 17.4 Å². The van der Waals surface area contributed by atoms with Gasteiger partial charge in [0.2, 0.25) is 10.0 Å². The van der Waals surface area contributed by atoms with E-state index >= 15 is 0 Å². The van der Waals surface area contributed by atoms with Gasteiger partial charge in [-0.05, 0) is 44.4 Å². The Hall–Kier alpha value is -2.38. The van der Waals surface area contributed by atoms with Gasteiger partial charge in [-0.25, -0.2) is 13.2 Å². The number of urea groups is 1. The van der Waals surface area contributed by atoms with E-state index in [1.165, 1.54) is 9.87 Å². The van der Waals surface area contributed by atoms with Crippen molar-refractivity contribution in [2.75, 3.05) is 26.2 Å². The SMILES string of the molecule is Cc1ccc(S(=O)(=O)N2CCN(C(=O)N[C@@H](C)CCc3ccccc3)CC2)cc1. The van der Waals surface area contributed by atoms with E-state index in [9.17, 15) is 13.2 Å². The second-order valence-corrected chi connectivity index (χ2v) is 9.52. The molecule has 1 fully saturated rings. The number of amides is 2. The Balaban J connectivity index is 1.48. The molecule has 0 bridgehead atoms. The maximum atomic E-state index is 12.8. The average Bonchev–Trinajstić information content (AvgIpc) is 2.73. The molecule has 0 radical (unpaired) electrons. The van der Waals surface area contributed by atoms with Crippen LogP contribution in [0, 0.1) is 6.92 Å². The van der Waals surface area contributed by atoms with E-state index in [1.807, 2.05) is 32.0 Å². The van der Waals surface area contributed by atoms with Gasteiger partial charge in [-0.2, -0.15) is 4.31 Å². The lowest BCUT2D eigenvalue weighted by atomic mass is 10.1. The molecule has 0 aromatic heterocycles. The van der Waals surface area contributed by atoms with Gasteiger partial charge in [-0.3, -0.25) is 0 Å². The van der Waals surface area contributed by atoms with E-state index in [-0.39, 0.29) is 12.1 Å². The summed E-state index contributed by atoms with van der Waals surface area (Å²) >= 11 is 0. The number of sulfonamides is 1. The van der Waals surface area contributed by atoms with Crippen molar-refractivity contribution in [1.82, 2.24) is 14.5 Å². The van der Waals surface area contributed by atoms with Crippen LogP contribution in [0.5, 0.6) is 0 Å². The van der Waals surface area contributed by atoms with Gasteiger partial charge in [0.1, 0.15) is 0 Å². The van der Waals surface area contributed by atoms with Crippen molar-refractivity contribution in [2.45, 2.75) is 37.6 Å². The minimum atomic E-state index is -3.52. The molecular formula is C22H29N3O3S. The van der Waals surface area contributed by atoms with E-state index in [0.717, 1.165) is 18.4 Å². The molecule has 0 aliphatic carbocycles. The fourth-order valence-corrected chi connectivity index (χ4v) is 4.82. The van der Waals surface area contributed by atoms with Crippen molar-refractivity contribution in [3.63, 3.8) is 0 Å². The quantitative estimate of drug-likeness (QED) is 0.788. The van der Waals surface area contributed by atoms with Crippen LogP contribution in [0.3, 0.4) is 0 Å². The zero-order valence-electron chi connectivity index (χ0n) is 17.0. The summed E-state index contributed by atoms with van der Waals surface area (Å²) in [5, 5.41) is 3.03. The Morgan fingerprint density at radius 1 is 1.00 bits per heavy atom. The maximum Gasteiger partial charge on any atom is 0.317 e. The third kappa shape index (κ3) is 5.58. The number of piperazine rings is 1. The van der Waals surface area contributed by atoms with Crippen LogP contribution < -0.4 is 5.32 Å². The number of aryl methyl sites for hydroxylation is 2. The second-order valence-electron chi connectivity index (χ2n) is 7.58. The molecule has 156 valence electrons. The molecule has 1 aliphatic rings. The molecule has 2 amide bonds. The summed E-state index contributed by atoms with van der Waals surface area (Å²) in [5.41, 5.74) is 2.27. The molecule has 1 aliphatic heterocycles. The Bertz CT molecular complexity index is 906. The van der Waals surface area contributed by atoms with E-state index in [0.29, 0.717) is 31.1 Å². The van der Waals surface area contributed by atoms with Gasteiger partial charge >= 0.3 is 6.03 Å². The Morgan fingerprint density at radius 3 is 2.24 bits per heavy atom. The average molecular weight is 416 g/mol. The number of benzene rings is 2. The van der Waals surface area contributed by atoms with Gasteiger partial charge in [-0.1, -0.05) is 48.0 Å². The third-order valence-corrected chi connectivity index (χ3v) is 7.18. The Kier molecular flexibility index (Phi) is 6.92. The van der Waals surface area contributed by atoms with Gasteiger partial charge in [-0.15, -0.1) is 0 Å². The van der Waals surface area contributed by atoms with Gasteiger partial charge in [0.15, 0.2) is 0 Å². The molecule has 1 saturated heterocycles. The molecule has 29 heavy (non-hydrogen) atoms. The molecule has 0 spiro atoms. The van der Waals surface area contributed by atoms with Crippen LogP contribution in [0.1, 0.15) is 24.5 Å². The van der Waals surface area contributed by atoms with Crippen LogP contribution in [-0.4, -0.2) is 55.9 Å². The topological polar surface area (TPSA) is 69.7 Å². The Morgan fingerprint density at radius 2 is 1.62 bits per heavy atom. The highest BCUT2D eigenvalue weighted by Crippen LogP contribution is 2.18. The molecular weight excluding hydrogens is 386 g/mol. The van der Waals surface area contributed by atoms with E-state index < -0.39 is 10.0 Å². The summed E-state index contributed by atoms with van der Waals surface area (Å²) < 4.78 is 27.0. The van der Waals surface area contributed by atoms with Crippen molar-refractivity contribution >= 4 is 16.1 Å². The lowest BCUT2D eigenvalue weighted by Gasteiger charge is -2.34. The molecule has 3 rings (SSSR count). The van der Waals surface area contributed by atoms with Gasteiger partial charge in [0.25, 0.3) is 0 Å². The first-order valence-corrected chi connectivity index (χ1v) is 11.5. The normalized spacial score (nSPS) is 16.4. The number of rotatable bonds is 6. The molecule has 6 nitrogen and oxygen atoms in total. The van der Waals surface area contributed by atoms with Gasteiger partial charge in [0, 0.05) is 32.2 Å². The summed E-state index contributed by atoms with van der Waals surface area (Å²) in [7, 11) is -3.52. The minimum Gasteiger partial charge on any atom is -0.336 e. The predicted octanol–water partition coefficient (Wildman–Crippen LogP) is 3.03. The fourth-order valence-electron chi connectivity index (χ4n) is 3.39. The first-order valence-electron chi connectivity index (χ1n) is 10.0. The summed E-state index contributed by atoms with van der Waals surface area (Å²) in [6, 6.07) is 17.0. The number of carbonyl (C=O) groups is 1. The monoisotopic (exact) mass is 415 g/mol. The van der Waals surface area contributed by atoms with Crippen LogP contribution in [0.25, 0.3) is 0 Å². The lowest BCUT2D eigenvalue weighted by Crippen LogP contribution is -2.54. The van der Waals surface area contributed by atoms with Crippen LogP contribution in [0.4, 0.5) is 4.79 Å². The summed E-state index contributed by atoms with van der Waals surface area (Å²) in [6.07, 6.45) is 1.77. The van der Waals surface area contributed by atoms with Crippen molar-refractivity contribution < 1.29 is 13.2 Å². The fraction of sp³-hybridized carbons (Fsp3) is 0.409. The molecule has 2 aromatic carbocycles. The van der Waals surface area contributed by atoms with Crippen molar-refractivity contribution in [2.24, 2.45) is 0 Å². The summed E-state index contributed by atoms with van der Waals surface area (Å²) in [6.45, 7) is 5.32. The van der Waals surface area contributed by atoms with E-state index in [4.69, 9.17) is 0 Å². The minimum absolute atomic E-state index is 0.0528. The Labute approximate surface area is 173 Å². The molecule has 2 aromatic rings. The van der Waals surface area contributed by atoms with Crippen LogP contribution >= 0.6 is 0 Å². The highest BCUT2D eigenvalue weighted by atomic mass is 32.2. The zero-order chi connectivity index (χ0) is 20.9. The molecule has 1 heterocycles. The molecule has 0 saturated carbocycles. The van der Waals surface area contributed by atoms with E-state index in [1.54, 1.807) is 29.2 Å². The zero-order valence-corrected chi connectivity index (χ0v) is 17.9. The second kappa shape index (κ2) is 9.41. The van der Waals surface area contributed by atoms with Crippen molar-refractivity contribution in [3.05, 3.63) is 65.7 Å². The third-order valence-electron chi connectivity index (χ3n) is 5.26. The number of hydrogen-bond acceptors (Lipinski definition) is 3. The molecule has 1 N–H and O–H groups in total. The number of nitrogens with one attached hydrogen (secondary N) is 1.